The Hall–Kier alpha value is -3.16. The summed E-state index contributed by atoms with van der Waals surface area (Å²) in [6.45, 7) is 0.382. The highest BCUT2D eigenvalue weighted by molar-refractivity contribution is 7.92. The maximum atomic E-state index is 15.3. The number of hydrogen-bond acceptors (Lipinski definition) is 8. The Bertz CT molecular complexity index is 1700. The number of nitrogens with one attached hydrogen (secondary N) is 1. The topological polar surface area (TPSA) is 119 Å². The first-order valence-corrected chi connectivity index (χ1v) is 14.7. The fourth-order valence-electron chi connectivity index (χ4n) is 4.74. The smallest absolute Gasteiger partial charge is 0.296 e. The number of ether oxygens (including phenoxy) is 3. The van der Waals surface area contributed by atoms with E-state index in [0.717, 1.165) is 0 Å². The summed E-state index contributed by atoms with van der Waals surface area (Å²) in [5.41, 5.74) is 1.47. The predicted octanol–water partition coefficient (Wildman–Crippen LogP) is 4.49. The molecule has 0 bridgehead atoms. The van der Waals surface area contributed by atoms with Gasteiger partial charge in [-0.15, -0.1) is 0 Å². The van der Waals surface area contributed by atoms with Gasteiger partial charge in [0.1, 0.15) is 18.3 Å². The number of aromatic nitrogens is 3. The average molecular weight is 577 g/mol. The van der Waals surface area contributed by atoms with Crippen LogP contribution in [0, 0.1) is 11.6 Å². The molecule has 13 heteroatoms. The maximum Gasteiger partial charge on any atom is 0.296 e. The van der Waals surface area contributed by atoms with Gasteiger partial charge in [-0.1, -0.05) is 29.8 Å². The minimum Gasteiger partial charge on any atom is -0.456 e. The molecular formula is C26H23ClF2N4O5S. The molecule has 2 aromatic heterocycles. The quantitative estimate of drug-likeness (QED) is 0.359. The number of fused-ring (bicyclic) bond motifs is 2. The van der Waals surface area contributed by atoms with Gasteiger partial charge in [0.05, 0.1) is 35.1 Å². The molecular weight excluding hydrogens is 554 g/mol. The molecule has 2 N–H and O–H groups in total. The molecule has 0 spiro atoms. The van der Waals surface area contributed by atoms with E-state index in [1.54, 1.807) is 24.3 Å². The Morgan fingerprint density at radius 3 is 2.49 bits per heavy atom. The van der Waals surface area contributed by atoms with Crippen LogP contribution in [0.2, 0.25) is 5.02 Å². The lowest BCUT2D eigenvalue weighted by Crippen LogP contribution is -2.34. The van der Waals surface area contributed by atoms with Crippen molar-refractivity contribution in [3.8, 4) is 28.4 Å². The molecule has 204 valence electrons. The zero-order chi connectivity index (χ0) is 27.5. The van der Waals surface area contributed by atoms with Gasteiger partial charge in [0.2, 0.25) is 0 Å². The normalized spacial score (nSPS) is 22.8. The van der Waals surface area contributed by atoms with E-state index in [9.17, 15) is 9.32 Å². The third-order valence-electron chi connectivity index (χ3n) is 6.49. The molecule has 0 aliphatic carbocycles. The molecule has 4 aromatic rings. The van der Waals surface area contributed by atoms with Crippen molar-refractivity contribution in [2.24, 2.45) is 4.36 Å². The molecule has 2 fully saturated rings. The van der Waals surface area contributed by atoms with Gasteiger partial charge in [-0.05, 0) is 29.8 Å². The molecule has 2 aliphatic rings. The van der Waals surface area contributed by atoms with Gasteiger partial charge in [0.15, 0.2) is 23.4 Å². The molecule has 2 aromatic carbocycles. The van der Waals surface area contributed by atoms with Crippen LogP contribution >= 0.6 is 11.6 Å². The summed E-state index contributed by atoms with van der Waals surface area (Å²) in [6, 6.07) is 10.8. The largest absolute Gasteiger partial charge is 0.456 e. The van der Waals surface area contributed by atoms with Gasteiger partial charge in [-0.2, -0.15) is 9.35 Å². The Balaban J connectivity index is 1.28. The second-order valence-electron chi connectivity index (χ2n) is 9.66. The first-order valence-electron chi connectivity index (χ1n) is 12.0. The first-order chi connectivity index (χ1) is 18.6. The maximum absolute atomic E-state index is 15.3. The summed E-state index contributed by atoms with van der Waals surface area (Å²) in [5.74, 6) is -2.18. The lowest BCUT2D eigenvalue weighted by Gasteiger charge is -2.15. The zero-order valence-corrected chi connectivity index (χ0v) is 22.3. The number of imidazole rings is 1. The fourth-order valence-corrected chi connectivity index (χ4v) is 5.62. The fraction of sp³-hybridized carbons (Fsp3) is 0.308. The number of aliphatic hydroxyl groups is 1. The van der Waals surface area contributed by atoms with Crippen LogP contribution in [-0.4, -0.2) is 74.4 Å². The summed E-state index contributed by atoms with van der Waals surface area (Å²) in [7, 11) is -2.35. The Morgan fingerprint density at radius 1 is 1.05 bits per heavy atom. The molecule has 9 nitrogen and oxygen atoms in total. The molecule has 2 saturated heterocycles. The van der Waals surface area contributed by atoms with Crippen molar-refractivity contribution in [1.82, 2.24) is 15.0 Å². The standard InChI is InChI=1S/C26H23ClF2N4O5S/c1-39(2,35)33-13-5-3-12(4-6-13)14-7-8-15(21(29)20(14)28)22-16(27)9-17-25(31-22)32-26(30-17)38-19-11-37-23-18(34)10-36-24(19)23/h3-9,18-19,23-24,34H,10-11H2,1-2H3,(H,30,31,32)/t18-,19-,23-,24-/m1/s1. The van der Waals surface area contributed by atoms with E-state index >= 15 is 8.78 Å². The van der Waals surface area contributed by atoms with Crippen LogP contribution in [0.25, 0.3) is 33.5 Å². The average Bonchev–Trinajstić information content (AvgIpc) is 3.57. The first kappa shape index (κ1) is 26.1. The van der Waals surface area contributed by atoms with Crippen LogP contribution in [-0.2, 0) is 19.2 Å². The van der Waals surface area contributed by atoms with Crippen LogP contribution in [0.5, 0.6) is 6.01 Å². The monoisotopic (exact) mass is 576 g/mol. The summed E-state index contributed by atoms with van der Waals surface area (Å²) < 4.78 is 63.5. The van der Waals surface area contributed by atoms with Gasteiger partial charge in [0, 0.05) is 33.4 Å². The van der Waals surface area contributed by atoms with Gasteiger partial charge < -0.3 is 24.3 Å². The molecule has 2 aliphatic heterocycles. The number of pyridine rings is 1. The van der Waals surface area contributed by atoms with E-state index < -0.39 is 45.8 Å². The van der Waals surface area contributed by atoms with Crippen LogP contribution in [0.1, 0.15) is 0 Å². The summed E-state index contributed by atoms with van der Waals surface area (Å²) >= 11 is 6.42. The third-order valence-corrected chi connectivity index (χ3v) is 7.43. The van der Waals surface area contributed by atoms with Gasteiger partial charge in [-0.25, -0.2) is 18.0 Å². The highest BCUT2D eigenvalue weighted by Gasteiger charge is 2.48. The highest BCUT2D eigenvalue weighted by atomic mass is 35.5. The molecule has 0 unspecified atom stereocenters. The van der Waals surface area contributed by atoms with Crippen molar-refractivity contribution in [2.45, 2.75) is 24.4 Å². The molecule has 4 atom stereocenters. The predicted molar refractivity (Wildman–Crippen MR) is 142 cm³/mol. The second-order valence-corrected chi connectivity index (χ2v) is 12.6. The third kappa shape index (κ3) is 4.98. The molecule has 4 heterocycles. The molecule has 0 amide bonds. The molecule has 39 heavy (non-hydrogen) atoms. The van der Waals surface area contributed by atoms with Gasteiger partial charge in [0.25, 0.3) is 6.01 Å². The number of H-pyrrole nitrogens is 1. The lowest BCUT2D eigenvalue weighted by atomic mass is 10.0. The van der Waals surface area contributed by atoms with Crippen LogP contribution < -0.4 is 4.74 Å². The minimum atomic E-state index is -2.35. The van der Waals surface area contributed by atoms with Crippen LogP contribution in [0.15, 0.2) is 46.8 Å². The Kier molecular flexibility index (Phi) is 6.55. The number of hydrogen-bond donors (Lipinski definition) is 2. The molecule has 0 saturated carbocycles. The molecule has 0 radical (unpaired) electrons. The van der Waals surface area contributed by atoms with E-state index in [0.29, 0.717) is 16.8 Å². The van der Waals surface area contributed by atoms with Crippen molar-refractivity contribution in [3.63, 3.8) is 0 Å². The Morgan fingerprint density at radius 2 is 1.74 bits per heavy atom. The number of rotatable bonds is 5. The number of halogens is 3. The Labute approximate surface area is 227 Å². The van der Waals surface area contributed by atoms with Gasteiger partial charge in [-0.3, -0.25) is 0 Å². The zero-order valence-electron chi connectivity index (χ0n) is 20.7. The van der Waals surface area contributed by atoms with Crippen molar-refractivity contribution in [2.75, 3.05) is 25.7 Å². The van der Waals surface area contributed by atoms with Crippen LogP contribution in [0.4, 0.5) is 14.5 Å². The highest BCUT2D eigenvalue weighted by Crippen LogP contribution is 2.36. The van der Waals surface area contributed by atoms with E-state index in [4.69, 9.17) is 25.8 Å². The van der Waals surface area contributed by atoms with Crippen molar-refractivity contribution in [1.29, 1.82) is 0 Å². The van der Waals surface area contributed by atoms with Crippen LogP contribution in [0.3, 0.4) is 0 Å². The van der Waals surface area contributed by atoms with E-state index in [1.165, 1.54) is 30.7 Å². The second kappa shape index (κ2) is 9.79. The van der Waals surface area contributed by atoms with E-state index in [2.05, 4.69) is 19.3 Å². The summed E-state index contributed by atoms with van der Waals surface area (Å²) in [6.07, 6.45) is 0.934. The number of nitrogens with zero attached hydrogens (tertiary/aromatic N) is 3. The van der Waals surface area contributed by atoms with Crippen molar-refractivity contribution < 1.29 is 32.3 Å². The lowest BCUT2D eigenvalue weighted by molar-refractivity contribution is 0.00706. The number of benzene rings is 2. The molecule has 6 rings (SSSR count). The summed E-state index contributed by atoms with van der Waals surface area (Å²) in [4.78, 5) is 11.6. The number of aliphatic hydroxyl groups excluding tert-OH is 1. The number of aromatic amines is 1. The van der Waals surface area contributed by atoms with E-state index in [1.807, 2.05) is 0 Å². The van der Waals surface area contributed by atoms with E-state index in [-0.39, 0.29) is 46.7 Å². The minimum absolute atomic E-state index is 0.0199. The SMILES string of the molecule is CS(C)(=O)=Nc1ccc(-c2ccc(-c3nc4nc(O[C@@H]5CO[C@H]6[C@@H]5OC[C@H]6O)[nH]c4cc3Cl)c(F)c2F)cc1. The van der Waals surface area contributed by atoms with Crippen molar-refractivity contribution in [3.05, 3.63) is 59.1 Å². The summed E-state index contributed by atoms with van der Waals surface area (Å²) in [5, 5.41) is 10.0. The van der Waals surface area contributed by atoms with Gasteiger partial charge >= 0.3 is 0 Å². The van der Waals surface area contributed by atoms with Crippen molar-refractivity contribution >= 4 is 38.2 Å².